The Labute approximate surface area is 122 Å². The fraction of sp³-hybridized carbons (Fsp3) is 0.538. The number of likely N-dealkylation sites (N-methyl/N-ethyl adjacent to an activating group) is 1. The molecule has 1 fully saturated rings. The van der Waals surface area contributed by atoms with E-state index in [1.807, 2.05) is 0 Å². The summed E-state index contributed by atoms with van der Waals surface area (Å²) in [4.78, 5) is 17.7. The highest BCUT2D eigenvalue weighted by atomic mass is 35.5. The lowest BCUT2D eigenvalue weighted by atomic mass is 9.94. The van der Waals surface area contributed by atoms with E-state index in [-0.39, 0.29) is 29.0 Å². The zero-order valence-electron chi connectivity index (χ0n) is 11.3. The molecule has 0 spiro atoms. The van der Waals surface area contributed by atoms with Gasteiger partial charge in [0.2, 0.25) is 0 Å². The number of rotatable bonds is 3. The SMILES string of the molecule is CN(CC1(O)CCOCC1)C(=O)c1nc(N)ccc1Cl. The van der Waals surface area contributed by atoms with Gasteiger partial charge in [0, 0.05) is 39.6 Å². The van der Waals surface area contributed by atoms with Crippen LogP contribution in [0.15, 0.2) is 12.1 Å². The van der Waals surface area contributed by atoms with Gasteiger partial charge in [0.25, 0.3) is 5.91 Å². The fourth-order valence-electron chi connectivity index (χ4n) is 2.21. The number of aromatic nitrogens is 1. The minimum atomic E-state index is -0.921. The van der Waals surface area contributed by atoms with Crippen molar-refractivity contribution in [3.05, 3.63) is 22.8 Å². The number of ether oxygens (including phenoxy) is 1. The summed E-state index contributed by atoms with van der Waals surface area (Å²) < 4.78 is 5.21. The summed E-state index contributed by atoms with van der Waals surface area (Å²) >= 11 is 5.96. The third-order valence-corrected chi connectivity index (χ3v) is 3.68. The van der Waals surface area contributed by atoms with E-state index >= 15 is 0 Å². The number of anilines is 1. The lowest BCUT2D eigenvalue weighted by Crippen LogP contribution is -2.47. The normalized spacial score (nSPS) is 17.8. The van der Waals surface area contributed by atoms with Gasteiger partial charge in [-0.05, 0) is 12.1 Å². The van der Waals surface area contributed by atoms with Gasteiger partial charge in [-0.1, -0.05) is 11.6 Å². The van der Waals surface area contributed by atoms with E-state index in [2.05, 4.69) is 4.98 Å². The number of hydrogen-bond acceptors (Lipinski definition) is 5. The van der Waals surface area contributed by atoms with Crippen LogP contribution in [0.25, 0.3) is 0 Å². The van der Waals surface area contributed by atoms with Gasteiger partial charge in [-0.25, -0.2) is 4.98 Å². The summed E-state index contributed by atoms with van der Waals surface area (Å²) in [5, 5.41) is 10.7. The molecule has 20 heavy (non-hydrogen) atoms. The molecule has 1 amide bonds. The average molecular weight is 300 g/mol. The quantitative estimate of drug-likeness (QED) is 0.867. The first-order valence-electron chi connectivity index (χ1n) is 6.39. The molecule has 2 heterocycles. The number of pyridine rings is 1. The largest absolute Gasteiger partial charge is 0.388 e. The fourth-order valence-corrected chi connectivity index (χ4v) is 2.40. The molecule has 3 N–H and O–H groups in total. The summed E-state index contributed by atoms with van der Waals surface area (Å²) in [5.41, 5.74) is 4.75. The monoisotopic (exact) mass is 299 g/mol. The molecule has 110 valence electrons. The number of carbonyl (C=O) groups excluding carboxylic acids is 1. The summed E-state index contributed by atoms with van der Waals surface area (Å²) in [6.45, 7) is 1.20. The van der Waals surface area contributed by atoms with Gasteiger partial charge >= 0.3 is 0 Å². The van der Waals surface area contributed by atoms with Crippen molar-refractivity contribution in [1.82, 2.24) is 9.88 Å². The van der Waals surface area contributed by atoms with Crippen molar-refractivity contribution >= 4 is 23.3 Å². The molecule has 0 atom stereocenters. The molecule has 0 radical (unpaired) electrons. The van der Waals surface area contributed by atoms with Crippen LogP contribution < -0.4 is 5.73 Å². The molecule has 0 aromatic carbocycles. The number of carbonyl (C=O) groups is 1. The number of hydrogen-bond donors (Lipinski definition) is 2. The van der Waals surface area contributed by atoms with Crippen LogP contribution in [0.5, 0.6) is 0 Å². The third kappa shape index (κ3) is 3.39. The van der Waals surface area contributed by atoms with Crippen LogP contribution >= 0.6 is 11.6 Å². The Morgan fingerprint density at radius 1 is 1.55 bits per heavy atom. The van der Waals surface area contributed by atoms with E-state index in [0.717, 1.165) is 0 Å². The topological polar surface area (TPSA) is 88.7 Å². The van der Waals surface area contributed by atoms with Gasteiger partial charge in [0.1, 0.15) is 11.5 Å². The Kier molecular flexibility index (Phi) is 4.47. The minimum Gasteiger partial charge on any atom is -0.388 e. The van der Waals surface area contributed by atoms with E-state index in [9.17, 15) is 9.90 Å². The molecule has 1 aliphatic heterocycles. The number of amides is 1. The maximum Gasteiger partial charge on any atom is 0.273 e. The van der Waals surface area contributed by atoms with E-state index in [1.54, 1.807) is 7.05 Å². The summed E-state index contributed by atoms with van der Waals surface area (Å²) in [7, 11) is 1.61. The highest BCUT2D eigenvalue weighted by molar-refractivity contribution is 6.33. The molecule has 1 aliphatic rings. The van der Waals surface area contributed by atoms with Crippen LogP contribution in [0, 0.1) is 0 Å². The van der Waals surface area contributed by atoms with Crippen LogP contribution in [0.2, 0.25) is 5.02 Å². The number of nitrogens with two attached hydrogens (primary N) is 1. The first-order valence-corrected chi connectivity index (χ1v) is 6.77. The molecular formula is C13H18ClN3O3. The standard InChI is InChI=1S/C13H18ClN3O3/c1-17(8-13(19)4-6-20-7-5-13)12(18)11-9(14)2-3-10(15)16-11/h2-3,19H,4-8H2,1H3,(H2,15,16). The van der Waals surface area contributed by atoms with Gasteiger partial charge in [0.15, 0.2) is 0 Å². The summed E-state index contributed by atoms with van der Waals surface area (Å²) in [6.07, 6.45) is 1.01. The second-order valence-corrected chi connectivity index (χ2v) is 5.47. The maximum atomic E-state index is 12.3. The van der Waals surface area contributed by atoms with Gasteiger partial charge in [-0.15, -0.1) is 0 Å². The molecular weight excluding hydrogens is 282 g/mol. The molecule has 0 saturated carbocycles. The zero-order chi connectivity index (χ0) is 14.8. The van der Waals surface area contributed by atoms with Crippen molar-refractivity contribution < 1.29 is 14.6 Å². The molecule has 0 bridgehead atoms. The van der Waals surface area contributed by atoms with E-state index in [1.165, 1.54) is 17.0 Å². The van der Waals surface area contributed by atoms with Crippen molar-refractivity contribution in [3.63, 3.8) is 0 Å². The molecule has 7 heteroatoms. The van der Waals surface area contributed by atoms with Gasteiger partial charge in [-0.2, -0.15) is 0 Å². The highest BCUT2D eigenvalue weighted by Crippen LogP contribution is 2.23. The predicted octanol–water partition coefficient (Wildman–Crippen LogP) is 0.931. The average Bonchev–Trinajstić information content (AvgIpc) is 2.41. The minimum absolute atomic E-state index is 0.102. The first-order chi connectivity index (χ1) is 9.41. The van der Waals surface area contributed by atoms with Crippen molar-refractivity contribution in [3.8, 4) is 0 Å². The van der Waals surface area contributed by atoms with E-state index in [4.69, 9.17) is 22.1 Å². The van der Waals surface area contributed by atoms with Crippen LogP contribution in [0.1, 0.15) is 23.3 Å². The lowest BCUT2D eigenvalue weighted by molar-refractivity contribution is -0.0734. The van der Waals surface area contributed by atoms with Gasteiger partial charge in [-0.3, -0.25) is 4.79 Å². The molecule has 1 aromatic rings. The molecule has 1 aromatic heterocycles. The van der Waals surface area contributed by atoms with Crippen molar-refractivity contribution in [2.24, 2.45) is 0 Å². The van der Waals surface area contributed by atoms with Crippen molar-refractivity contribution in [1.29, 1.82) is 0 Å². The van der Waals surface area contributed by atoms with Crippen LogP contribution in [0.4, 0.5) is 5.82 Å². The van der Waals surface area contributed by atoms with Crippen molar-refractivity contribution in [2.75, 3.05) is 32.5 Å². The number of halogens is 1. The molecule has 0 unspecified atom stereocenters. The number of nitrogen functional groups attached to an aromatic ring is 1. The summed E-state index contributed by atoms with van der Waals surface area (Å²) in [5.74, 6) is -0.127. The molecule has 0 aliphatic carbocycles. The lowest BCUT2D eigenvalue weighted by Gasteiger charge is -2.35. The Morgan fingerprint density at radius 2 is 2.20 bits per heavy atom. The first kappa shape index (κ1) is 15.0. The second-order valence-electron chi connectivity index (χ2n) is 5.06. The van der Waals surface area contributed by atoms with E-state index in [0.29, 0.717) is 26.1 Å². The number of nitrogens with zero attached hydrogens (tertiary/aromatic N) is 2. The molecule has 1 saturated heterocycles. The van der Waals surface area contributed by atoms with Crippen LogP contribution in [0.3, 0.4) is 0 Å². The zero-order valence-corrected chi connectivity index (χ0v) is 12.1. The van der Waals surface area contributed by atoms with E-state index < -0.39 is 5.60 Å². The predicted molar refractivity (Wildman–Crippen MR) is 75.6 cm³/mol. The van der Waals surface area contributed by atoms with Gasteiger partial charge in [0.05, 0.1) is 10.6 Å². The van der Waals surface area contributed by atoms with Crippen LogP contribution in [-0.2, 0) is 4.74 Å². The van der Waals surface area contributed by atoms with Gasteiger partial charge < -0.3 is 20.5 Å². The molecule has 2 rings (SSSR count). The molecule has 6 nitrogen and oxygen atoms in total. The Hall–Kier alpha value is -1.37. The van der Waals surface area contributed by atoms with Crippen LogP contribution in [-0.4, -0.2) is 53.3 Å². The third-order valence-electron chi connectivity index (χ3n) is 3.37. The highest BCUT2D eigenvalue weighted by Gasteiger charge is 2.33. The summed E-state index contributed by atoms with van der Waals surface area (Å²) in [6, 6.07) is 3.07. The van der Waals surface area contributed by atoms with Crippen molar-refractivity contribution in [2.45, 2.75) is 18.4 Å². The Bertz CT molecular complexity index is 504. The Balaban J connectivity index is 2.10. The Morgan fingerprint density at radius 3 is 2.85 bits per heavy atom. The maximum absolute atomic E-state index is 12.3. The smallest absolute Gasteiger partial charge is 0.273 e. The second kappa shape index (κ2) is 5.95. The number of aliphatic hydroxyl groups is 1.